The number of carbonyl (C=O) groups is 1. The molecule has 29 heavy (non-hydrogen) atoms. The quantitative estimate of drug-likeness (QED) is 0.474. The standard InChI is InChI=1S/C20H23BrN4O3S/c1-16-6-8-18(9-7-16)29(27,28)25-12-10-24(11-13-25)15-20(26)23-22-14-17-4-2-3-5-19(17)21/h2-9,14H,10-13,15H2,1H3,(H,23,26)/p+1/b22-14+. The lowest BCUT2D eigenvalue weighted by Gasteiger charge is -2.31. The SMILES string of the molecule is Cc1ccc(S(=O)(=O)N2CC[NH+](CC(=O)N/N=C/c3ccccc3Br)CC2)cc1. The van der Waals surface area contributed by atoms with E-state index in [0.717, 1.165) is 20.5 Å². The Morgan fingerprint density at radius 3 is 2.48 bits per heavy atom. The van der Waals surface area contributed by atoms with Gasteiger partial charge in [-0.05, 0) is 25.1 Å². The van der Waals surface area contributed by atoms with Crippen LogP contribution in [-0.2, 0) is 14.8 Å². The fraction of sp³-hybridized carbons (Fsp3) is 0.300. The second kappa shape index (κ2) is 9.62. The third-order valence-electron chi connectivity index (χ3n) is 4.80. The Labute approximate surface area is 179 Å². The van der Waals surface area contributed by atoms with Crippen molar-refractivity contribution in [2.45, 2.75) is 11.8 Å². The number of sulfonamides is 1. The first-order valence-electron chi connectivity index (χ1n) is 9.33. The molecule has 7 nitrogen and oxygen atoms in total. The minimum atomic E-state index is -3.49. The van der Waals surface area contributed by atoms with Crippen molar-refractivity contribution in [3.63, 3.8) is 0 Å². The molecule has 0 bridgehead atoms. The Balaban J connectivity index is 1.48. The number of aryl methyl sites for hydroxylation is 1. The number of carbonyl (C=O) groups excluding carboxylic acids is 1. The van der Waals surface area contributed by atoms with Crippen LogP contribution in [0.25, 0.3) is 0 Å². The molecule has 0 atom stereocenters. The Hall–Kier alpha value is -2.07. The number of nitrogens with zero attached hydrogens (tertiary/aromatic N) is 2. The molecule has 2 aromatic rings. The minimum absolute atomic E-state index is 0.196. The first kappa shape index (κ1) is 21.6. The number of halogens is 1. The van der Waals surface area contributed by atoms with Gasteiger partial charge in [0, 0.05) is 10.0 Å². The first-order valence-corrected chi connectivity index (χ1v) is 11.6. The molecular formula is C20H24BrN4O3S+. The maximum atomic E-state index is 12.7. The number of quaternary nitrogens is 1. The summed E-state index contributed by atoms with van der Waals surface area (Å²) in [7, 11) is -3.49. The summed E-state index contributed by atoms with van der Waals surface area (Å²) in [6.45, 7) is 4.11. The van der Waals surface area contributed by atoms with Crippen molar-refractivity contribution in [3.8, 4) is 0 Å². The van der Waals surface area contributed by atoms with Crippen molar-refractivity contribution in [2.24, 2.45) is 5.10 Å². The van der Waals surface area contributed by atoms with Crippen LogP contribution in [0.1, 0.15) is 11.1 Å². The van der Waals surface area contributed by atoms with Crippen molar-refractivity contribution >= 4 is 38.1 Å². The maximum absolute atomic E-state index is 12.7. The number of rotatable bonds is 6. The Morgan fingerprint density at radius 2 is 1.83 bits per heavy atom. The number of hydrogen-bond acceptors (Lipinski definition) is 4. The molecule has 0 aliphatic carbocycles. The molecule has 0 aromatic heterocycles. The van der Waals surface area contributed by atoms with Crippen LogP contribution in [0.2, 0.25) is 0 Å². The molecule has 0 radical (unpaired) electrons. The number of piperazine rings is 1. The molecule has 0 spiro atoms. The fourth-order valence-corrected chi connectivity index (χ4v) is 4.93. The largest absolute Gasteiger partial charge is 0.325 e. The highest BCUT2D eigenvalue weighted by Gasteiger charge is 2.31. The van der Waals surface area contributed by atoms with Crippen LogP contribution in [-0.4, -0.2) is 57.6 Å². The molecule has 1 aliphatic rings. The molecule has 2 aromatic carbocycles. The van der Waals surface area contributed by atoms with Gasteiger partial charge in [0.1, 0.15) is 0 Å². The Kier molecular flexibility index (Phi) is 7.18. The van der Waals surface area contributed by atoms with Crippen molar-refractivity contribution < 1.29 is 18.1 Å². The van der Waals surface area contributed by atoms with Gasteiger partial charge in [0.15, 0.2) is 6.54 Å². The van der Waals surface area contributed by atoms with E-state index in [4.69, 9.17) is 0 Å². The lowest BCUT2D eigenvalue weighted by atomic mass is 10.2. The maximum Gasteiger partial charge on any atom is 0.295 e. The van der Waals surface area contributed by atoms with Gasteiger partial charge in [-0.3, -0.25) is 4.79 Å². The summed E-state index contributed by atoms with van der Waals surface area (Å²) in [5, 5.41) is 3.99. The predicted octanol–water partition coefficient (Wildman–Crippen LogP) is 0.797. The highest BCUT2D eigenvalue weighted by atomic mass is 79.9. The van der Waals surface area contributed by atoms with Crippen molar-refractivity contribution in [3.05, 3.63) is 64.1 Å². The van der Waals surface area contributed by atoms with Gasteiger partial charge < -0.3 is 4.90 Å². The van der Waals surface area contributed by atoms with E-state index in [-0.39, 0.29) is 12.5 Å². The third-order valence-corrected chi connectivity index (χ3v) is 7.43. The molecular weight excluding hydrogens is 456 g/mol. The second-order valence-electron chi connectivity index (χ2n) is 6.96. The smallest absolute Gasteiger partial charge is 0.295 e. The zero-order valence-corrected chi connectivity index (χ0v) is 18.5. The van der Waals surface area contributed by atoms with E-state index in [2.05, 4.69) is 26.5 Å². The van der Waals surface area contributed by atoms with Crippen LogP contribution in [0.4, 0.5) is 0 Å². The molecule has 1 fully saturated rings. The average Bonchev–Trinajstić information content (AvgIpc) is 2.70. The Bertz CT molecular complexity index is 985. The van der Waals surface area contributed by atoms with Crippen LogP contribution in [0.5, 0.6) is 0 Å². The van der Waals surface area contributed by atoms with E-state index in [0.29, 0.717) is 31.1 Å². The van der Waals surface area contributed by atoms with Crippen LogP contribution in [0, 0.1) is 6.92 Å². The van der Waals surface area contributed by atoms with Gasteiger partial charge in [-0.2, -0.15) is 9.41 Å². The second-order valence-corrected chi connectivity index (χ2v) is 9.75. The van der Waals surface area contributed by atoms with E-state index < -0.39 is 10.0 Å². The molecule has 1 heterocycles. The normalized spacial score (nSPS) is 16.2. The molecule has 1 aliphatic heterocycles. The number of amides is 1. The van der Waals surface area contributed by atoms with Gasteiger partial charge in [-0.1, -0.05) is 51.8 Å². The van der Waals surface area contributed by atoms with Gasteiger partial charge in [0.05, 0.1) is 37.3 Å². The summed E-state index contributed by atoms with van der Waals surface area (Å²) in [5.41, 5.74) is 4.43. The van der Waals surface area contributed by atoms with E-state index in [1.807, 2.05) is 31.2 Å². The van der Waals surface area contributed by atoms with Gasteiger partial charge >= 0.3 is 0 Å². The third kappa shape index (κ3) is 5.72. The van der Waals surface area contributed by atoms with E-state index in [1.165, 1.54) is 4.31 Å². The highest BCUT2D eigenvalue weighted by molar-refractivity contribution is 9.10. The molecule has 0 saturated carbocycles. The summed E-state index contributed by atoms with van der Waals surface area (Å²) in [4.78, 5) is 13.5. The molecule has 9 heteroatoms. The van der Waals surface area contributed by atoms with Crippen molar-refractivity contribution in [1.29, 1.82) is 0 Å². The lowest BCUT2D eigenvalue weighted by molar-refractivity contribution is -0.895. The molecule has 1 saturated heterocycles. The fourth-order valence-electron chi connectivity index (χ4n) is 3.10. The number of hydrazone groups is 1. The summed E-state index contributed by atoms with van der Waals surface area (Å²) in [6.07, 6.45) is 1.59. The summed E-state index contributed by atoms with van der Waals surface area (Å²) in [6, 6.07) is 14.5. The summed E-state index contributed by atoms with van der Waals surface area (Å²) >= 11 is 3.42. The summed E-state index contributed by atoms with van der Waals surface area (Å²) in [5.74, 6) is -0.196. The monoisotopic (exact) mass is 479 g/mol. The molecule has 3 rings (SSSR count). The number of benzene rings is 2. The van der Waals surface area contributed by atoms with Crippen molar-refractivity contribution in [1.82, 2.24) is 9.73 Å². The molecule has 1 amide bonds. The first-order chi connectivity index (χ1) is 13.9. The lowest BCUT2D eigenvalue weighted by Crippen LogP contribution is -3.15. The topological polar surface area (TPSA) is 83.3 Å². The van der Waals surface area contributed by atoms with E-state index in [1.54, 1.807) is 30.5 Å². The average molecular weight is 480 g/mol. The zero-order chi connectivity index (χ0) is 20.9. The Morgan fingerprint density at radius 1 is 1.17 bits per heavy atom. The predicted molar refractivity (Wildman–Crippen MR) is 115 cm³/mol. The highest BCUT2D eigenvalue weighted by Crippen LogP contribution is 2.16. The molecule has 154 valence electrons. The van der Waals surface area contributed by atoms with Gasteiger partial charge in [0.2, 0.25) is 10.0 Å². The molecule has 2 N–H and O–H groups in total. The number of nitrogens with one attached hydrogen (secondary N) is 2. The minimum Gasteiger partial charge on any atom is -0.325 e. The van der Waals surface area contributed by atoms with E-state index in [9.17, 15) is 13.2 Å². The zero-order valence-electron chi connectivity index (χ0n) is 16.1. The van der Waals surface area contributed by atoms with Gasteiger partial charge in [0.25, 0.3) is 5.91 Å². The number of hydrogen-bond donors (Lipinski definition) is 2. The van der Waals surface area contributed by atoms with Crippen molar-refractivity contribution in [2.75, 3.05) is 32.7 Å². The molecule has 0 unspecified atom stereocenters. The van der Waals surface area contributed by atoms with Crippen LogP contribution >= 0.6 is 15.9 Å². The van der Waals surface area contributed by atoms with Crippen LogP contribution < -0.4 is 10.3 Å². The van der Waals surface area contributed by atoms with E-state index >= 15 is 0 Å². The van der Waals surface area contributed by atoms with Crippen LogP contribution in [0.15, 0.2) is 63.0 Å². The summed E-state index contributed by atoms with van der Waals surface area (Å²) < 4.78 is 27.9. The van der Waals surface area contributed by atoms with Crippen LogP contribution in [0.3, 0.4) is 0 Å². The van der Waals surface area contributed by atoms with Gasteiger partial charge in [-0.15, -0.1) is 0 Å². The van der Waals surface area contributed by atoms with Gasteiger partial charge in [-0.25, -0.2) is 13.8 Å².